The molecule has 2 aliphatic rings. The first-order valence-electron chi connectivity index (χ1n) is 11.1. The summed E-state index contributed by atoms with van der Waals surface area (Å²) >= 11 is 0. The first kappa shape index (κ1) is 20.8. The molecule has 0 spiro atoms. The molecule has 1 saturated heterocycles. The van der Waals surface area contributed by atoms with E-state index in [2.05, 4.69) is 40.5 Å². The van der Waals surface area contributed by atoms with Crippen LogP contribution in [0.2, 0.25) is 0 Å². The molecule has 158 valence electrons. The summed E-state index contributed by atoms with van der Waals surface area (Å²) in [5.41, 5.74) is 4.66. The fourth-order valence-corrected chi connectivity index (χ4v) is 4.37. The molecule has 0 unspecified atom stereocenters. The number of ketones is 1. The number of fused-ring (bicyclic) bond motifs is 1. The van der Waals surface area contributed by atoms with Gasteiger partial charge in [-0.05, 0) is 48.7 Å². The zero-order valence-electron chi connectivity index (χ0n) is 17.6. The summed E-state index contributed by atoms with van der Waals surface area (Å²) in [5, 5.41) is 3.40. The fourth-order valence-electron chi connectivity index (χ4n) is 4.37. The quantitative estimate of drug-likeness (QED) is 0.751. The molecule has 0 atom stereocenters. The maximum atomic E-state index is 12.7. The Balaban J connectivity index is 1.24. The summed E-state index contributed by atoms with van der Waals surface area (Å²) in [5.74, 6) is 0.174. The van der Waals surface area contributed by atoms with Gasteiger partial charge in [0.2, 0.25) is 5.91 Å². The number of nitrogens with one attached hydrogen (secondary N) is 1. The molecule has 0 aliphatic carbocycles. The van der Waals surface area contributed by atoms with E-state index >= 15 is 0 Å². The van der Waals surface area contributed by atoms with Crippen LogP contribution in [-0.4, -0.2) is 60.8 Å². The summed E-state index contributed by atoms with van der Waals surface area (Å²) < 4.78 is 0. The number of amides is 1. The Labute approximate surface area is 179 Å². The van der Waals surface area contributed by atoms with Gasteiger partial charge in [-0.3, -0.25) is 14.5 Å². The minimum atomic E-state index is 0.0751. The zero-order chi connectivity index (χ0) is 20.8. The van der Waals surface area contributed by atoms with Crippen molar-refractivity contribution in [1.29, 1.82) is 0 Å². The maximum Gasteiger partial charge on any atom is 0.223 e. The average molecular weight is 406 g/mol. The SMILES string of the molecule is O=C(CCC(=O)N1CCN(Cc2ccccc2)CC1)c1ccc2c(c1)CCNCC2. The predicted octanol–water partition coefficient (Wildman–Crippen LogP) is 2.68. The summed E-state index contributed by atoms with van der Waals surface area (Å²) in [6, 6.07) is 16.5. The van der Waals surface area contributed by atoms with Crippen LogP contribution in [0.5, 0.6) is 0 Å². The van der Waals surface area contributed by atoms with Crippen molar-refractivity contribution in [3.05, 3.63) is 70.8 Å². The van der Waals surface area contributed by atoms with Crippen molar-refractivity contribution in [3.8, 4) is 0 Å². The largest absolute Gasteiger partial charge is 0.340 e. The van der Waals surface area contributed by atoms with Gasteiger partial charge in [0.15, 0.2) is 5.78 Å². The molecule has 2 heterocycles. The number of rotatable bonds is 6. The lowest BCUT2D eigenvalue weighted by Crippen LogP contribution is -2.48. The van der Waals surface area contributed by atoms with E-state index in [1.54, 1.807) is 0 Å². The molecular formula is C25H31N3O2. The number of piperazine rings is 1. The van der Waals surface area contributed by atoms with Crippen molar-refractivity contribution in [1.82, 2.24) is 15.1 Å². The van der Waals surface area contributed by atoms with Gasteiger partial charge in [-0.25, -0.2) is 0 Å². The van der Waals surface area contributed by atoms with Crippen LogP contribution in [0.25, 0.3) is 0 Å². The van der Waals surface area contributed by atoms with Crippen LogP contribution in [0.3, 0.4) is 0 Å². The van der Waals surface area contributed by atoms with E-state index in [1.165, 1.54) is 16.7 Å². The lowest BCUT2D eigenvalue weighted by atomic mass is 9.97. The predicted molar refractivity (Wildman–Crippen MR) is 119 cm³/mol. The van der Waals surface area contributed by atoms with Crippen LogP contribution in [0, 0.1) is 0 Å². The number of benzene rings is 2. The monoisotopic (exact) mass is 405 g/mol. The molecule has 1 fully saturated rings. The lowest BCUT2D eigenvalue weighted by molar-refractivity contribution is -0.132. The summed E-state index contributed by atoms with van der Waals surface area (Å²) in [7, 11) is 0. The Morgan fingerprint density at radius 3 is 2.33 bits per heavy atom. The Morgan fingerprint density at radius 1 is 0.833 bits per heavy atom. The van der Waals surface area contributed by atoms with Crippen molar-refractivity contribution in [2.24, 2.45) is 0 Å². The second kappa shape index (κ2) is 10.0. The fraction of sp³-hybridized carbons (Fsp3) is 0.440. The van der Waals surface area contributed by atoms with E-state index in [4.69, 9.17) is 0 Å². The smallest absolute Gasteiger partial charge is 0.223 e. The van der Waals surface area contributed by atoms with Crippen LogP contribution in [0.1, 0.15) is 39.9 Å². The summed E-state index contributed by atoms with van der Waals surface area (Å²) in [6.07, 6.45) is 2.57. The lowest BCUT2D eigenvalue weighted by Gasteiger charge is -2.34. The summed E-state index contributed by atoms with van der Waals surface area (Å²) in [4.78, 5) is 29.6. The second-order valence-electron chi connectivity index (χ2n) is 8.30. The number of nitrogens with zero attached hydrogens (tertiary/aromatic N) is 2. The van der Waals surface area contributed by atoms with Gasteiger partial charge in [-0.15, -0.1) is 0 Å². The van der Waals surface area contributed by atoms with Crippen LogP contribution < -0.4 is 5.32 Å². The molecule has 2 aromatic rings. The normalized spacial score (nSPS) is 17.3. The van der Waals surface area contributed by atoms with Crippen molar-refractivity contribution in [2.75, 3.05) is 39.3 Å². The molecule has 4 rings (SSSR count). The van der Waals surface area contributed by atoms with E-state index in [1.807, 2.05) is 23.1 Å². The number of Topliss-reactive ketones (excluding diaryl/α,β-unsaturated/α-hetero) is 1. The van der Waals surface area contributed by atoms with Crippen molar-refractivity contribution in [2.45, 2.75) is 32.2 Å². The van der Waals surface area contributed by atoms with Crippen molar-refractivity contribution >= 4 is 11.7 Å². The molecule has 30 heavy (non-hydrogen) atoms. The Morgan fingerprint density at radius 2 is 1.57 bits per heavy atom. The van der Waals surface area contributed by atoms with Gasteiger partial charge >= 0.3 is 0 Å². The van der Waals surface area contributed by atoms with E-state index in [9.17, 15) is 9.59 Å². The highest BCUT2D eigenvalue weighted by atomic mass is 16.2. The van der Waals surface area contributed by atoms with Gasteiger partial charge in [0, 0.05) is 51.1 Å². The number of carbonyl (C=O) groups excluding carboxylic acids is 2. The molecule has 0 aromatic heterocycles. The van der Waals surface area contributed by atoms with Crippen molar-refractivity contribution in [3.63, 3.8) is 0 Å². The van der Waals surface area contributed by atoms with Crippen LogP contribution in [0.4, 0.5) is 0 Å². The molecule has 5 heteroatoms. The number of hydrogen-bond acceptors (Lipinski definition) is 4. The Hall–Kier alpha value is -2.50. The van der Waals surface area contributed by atoms with Gasteiger partial charge in [0.1, 0.15) is 0 Å². The Kier molecular flexibility index (Phi) is 6.92. The first-order valence-corrected chi connectivity index (χ1v) is 11.1. The van der Waals surface area contributed by atoms with E-state index in [-0.39, 0.29) is 11.7 Å². The first-order chi connectivity index (χ1) is 14.7. The highest BCUT2D eigenvalue weighted by Crippen LogP contribution is 2.17. The summed E-state index contributed by atoms with van der Waals surface area (Å²) in [6.45, 7) is 6.13. The van der Waals surface area contributed by atoms with Crippen LogP contribution >= 0.6 is 0 Å². The third-order valence-electron chi connectivity index (χ3n) is 6.21. The van der Waals surface area contributed by atoms with Gasteiger partial charge in [-0.1, -0.05) is 42.5 Å². The van der Waals surface area contributed by atoms with Crippen LogP contribution in [-0.2, 0) is 24.2 Å². The van der Waals surface area contributed by atoms with Crippen LogP contribution in [0.15, 0.2) is 48.5 Å². The van der Waals surface area contributed by atoms with Gasteiger partial charge in [0.25, 0.3) is 0 Å². The molecule has 2 aliphatic heterocycles. The molecule has 0 bridgehead atoms. The third kappa shape index (κ3) is 5.35. The third-order valence-corrected chi connectivity index (χ3v) is 6.21. The van der Waals surface area contributed by atoms with Gasteiger partial charge in [0.05, 0.1) is 0 Å². The van der Waals surface area contributed by atoms with Gasteiger partial charge in [-0.2, -0.15) is 0 Å². The minimum absolute atomic E-state index is 0.0751. The van der Waals surface area contributed by atoms with E-state index < -0.39 is 0 Å². The van der Waals surface area contributed by atoms with Crippen molar-refractivity contribution < 1.29 is 9.59 Å². The molecule has 0 radical (unpaired) electrons. The molecule has 2 aromatic carbocycles. The molecule has 0 saturated carbocycles. The van der Waals surface area contributed by atoms with E-state index in [0.29, 0.717) is 12.8 Å². The molecule has 5 nitrogen and oxygen atoms in total. The number of carbonyl (C=O) groups is 2. The standard InChI is InChI=1S/C25H31N3O2/c29-24(23-7-6-21-10-12-26-13-11-22(21)18-23)8-9-25(30)28-16-14-27(15-17-28)19-20-4-2-1-3-5-20/h1-7,18,26H,8-17,19H2. The highest BCUT2D eigenvalue weighted by Gasteiger charge is 2.22. The average Bonchev–Trinajstić information content (AvgIpc) is 3.03. The van der Waals surface area contributed by atoms with Gasteiger partial charge < -0.3 is 10.2 Å². The molecular weight excluding hydrogens is 374 g/mol. The maximum absolute atomic E-state index is 12.7. The second-order valence-corrected chi connectivity index (χ2v) is 8.30. The van der Waals surface area contributed by atoms with E-state index in [0.717, 1.165) is 64.2 Å². The zero-order valence-corrected chi connectivity index (χ0v) is 17.6. The molecule has 1 N–H and O–H groups in total. The Bertz CT molecular complexity index is 873. The number of hydrogen-bond donors (Lipinski definition) is 1. The minimum Gasteiger partial charge on any atom is -0.340 e. The highest BCUT2D eigenvalue weighted by molar-refractivity contribution is 5.98. The topological polar surface area (TPSA) is 52.7 Å². The molecule has 1 amide bonds.